The lowest BCUT2D eigenvalue weighted by Crippen LogP contribution is -2.51. The van der Waals surface area contributed by atoms with Crippen LogP contribution < -0.4 is 20.3 Å². The van der Waals surface area contributed by atoms with Gasteiger partial charge in [0.15, 0.2) is 0 Å². The van der Waals surface area contributed by atoms with Gasteiger partial charge in [0.1, 0.15) is 6.04 Å². The van der Waals surface area contributed by atoms with Crippen molar-refractivity contribution in [2.24, 2.45) is 17.8 Å². The number of benzene rings is 2. The van der Waals surface area contributed by atoms with Crippen molar-refractivity contribution in [3.8, 4) is 0 Å². The van der Waals surface area contributed by atoms with Gasteiger partial charge in [-0.2, -0.15) is 0 Å². The van der Waals surface area contributed by atoms with Crippen LogP contribution in [0.1, 0.15) is 76.7 Å². The summed E-state index contributed by atoms with van der Waals surface area (Å²) in [6.45, 7) is 11.5. The highest BCUT2D eigenvalue weighted by atomic mass is 32.2. The molecule has 4 atom stereocenters. The van der Waals surface area contributed by atoms with Gasteiger partial charge in [-0.1, -0.05) is 77.9 Å². The molecule has 2 rings (SSSR count). The maximum absolute atomic E-state index is 13.3. The topological polar surface area (TPSA) is 145 Å². The van der Waals surface area contributed by atoms with E-state index in [-0.39, 0.29) is 41.4 Å². The summed E-state index contributed by atoms with van der Waals surface area (Å²) >= 11 is 0. The molecule has 0 heterocycles. The molecule has 3 unspecified atom stereocenters. The van der Waals surface area contributed by atoms with E-state index in [4.69, 9.17) is 0 Å². The van der Waals surface area contributed by atoms with Crippen LogP contribution in [0.4, 0.5) is 5.69 Å². The largest absolute Gasteiger partial charge is 0.391 e. The molecule has 2 aromatic rings. The molecule has 4 N–H and O–H groups in total. The van der Waals surface area contributed by atoms with E-state index in [2.05, 4.69) is 16.0 Å². The number of hydrogen-bond donors (Lipinski definition) is 4. The molecule has 0 radical (unpaired) electrons. The van der Waals surface area contributed by atoms with Crippen LogP contribution >= 0.6 is 0 Å². The minimum atomic E-state index is -3.52. The highest BCUT2D eigenvalue weighted by molar-refractivity contribution is 7.92. The number of rotatable bonds is 17. The molecule has 0 bridgehead atoms. The molecule has 0 aliphatic carbocycles. The first kappa shape index (κ1) is 36.8. The third kappa shape index (κ3) is 11.2. The van der Waals surface area contributed by atoms with Gasteiger partial charge in [-0.3, -0.25) is 18.7 Å². The SMILES string of the molecule is CCCS(=O)(=O)N(C)c1cccc(C(=O)NC(CC(C)C)C(O)CC(C)C(=O)N[C@H](C(=O)NCc2ccccc2)C(C)C)c1. The predicted molar refractivity (Wildman–Crippen MR) is 174 cm³/mol. The van der Waals surface area contributed by atoms with Gasteiger partial charge in [-0.15, -0.1) is 0 Å². The molecule has 10 nitrogen and oxygen atoms in total. The van der Waals surface area contributed by atoms with Crippen LogP contribution in [0.2, 0.25) is 0 Å². The number of aliphatic hydroxyl groups is 1. The number of hydrogen-bond acceptors (Lipinski definition) is 6. The average molecular weight is 631 g/mol. The maximum Gasteiger partial charge on any atom is 0.251 e. The van der Waals surface area contributed by atoms with Gasteiger partial charge >= 0.3 is 0 Å². The number of amides is 3. The molecular weight excluding hydrogens is 580 g/mol. The van der Waals surface area contributed by atoms with Crippen molar-refractivity contribution in [2.75, 3.05) is 17.1 Å². The zero-order valence-electron chi connectivity index (χ0n) is 27.0. The van der Waals surface area contributed by atoms with E-state index in [1.165, 1.54) is 17.4 Å². The summed E-state index contributed by atoms with van der Waals surface area (Å²) in [5, 5.41) is 19.8. The molecule has 3 amide bonds. The number of aliphatic hydroxyl groups excluding tert-OH is 1. The minimum absolute atomic E-state index is 0.00931. The van der Waals surface area contributed by atoms with Gasteiger partial charge in [0, 0.05) is 25.1 Å². The Morgan fingerprint density at radius 3 is 2.14 bits per heavy atom. The molecule has 0 aromatic heterocycles. The Kier molecular flexibility index (Phi) is 14.3. The molecule has 0 aliphatic heterocycles. The molecule has 0 saturated carbocycles. The Morgan fingerprint density at radius 1 is 0.886 bits per heavy atom. The number of nitrogens with zero attached hydrogens (tertiary/aromatic N) is 1. The molecule has 244 valence electrons. The summed E-state index contributed by atoms with van der Waals surface area (Å²) < 4.78 is 26.2. The normalized spacial score (nSPS) is 14.4. The number of nitrogens with one attached hydrogen (secondary N) is 3. The lowest BCUT2D eigenvalue weighted by atomic mass is 9.91. The highest BCUT2D eigenvalue weighted by Gasteiger charge is 2.30. The predicted octanol–water partition coefficient (Wildman–Crippen LogP) is 3.85. The second-order valence-electron chi connectivity index (χ2n) is 12.2. The van der Waals surface area contributed by atoms with Gasteiger partial charge < -0.3 is 21.1 Å². The highest BCUT2D eigenvalue weighted by Crippen LogP contribution is 2.21. The van der Waals surface area contributed by atoms with Gasteiger partial charge in [0.05, 0.1) is 23.6 Å². The first-order valence-electron chi connectivity index (χ1n) is 15.3. The Bertz CT molecular complexity index is 1330. The molecule has 0 spiro atoms. The Morgan fingerprint density at radius 2 is 1.55 bits per heavy atom. The van der Waals surface area contributed by atoms with Crippen molar-refractivity contribution >= 4 is 33.4 Å². The van der Waals surface area contributed by atoms with Gasteiger partial charge in [0.25, 0.3) is 5.91 Å². The van der Waals surface area contributed by atoms with E-state index < -0.39 is 40.0 Å². The molecule has 11 heteroatoms. The Hall–Kier alpha value is -3.44. The van der Waals surface area contributed by atoms with E-state index in [0.29, 0.717) is 25.1 Å². The van der Waals surface area contributed by atoms with E-state index in [0.717, 1.165) is 5.56 Å². The van der Waals surface area contributed by atoms with Crippen molar-refractivity contribution in [3.05, 3.63) is 65.7 Å². The van der Waals surface area contributed by atoms with Crippen molar-refractivity contribution in [1.82, 2.24) is 16.0 Å². The van der Waals surface area contributed by atoms with Crippen LogP contribution in [-0.2, 0) is 26.2 Å². The minimum Gasteiger partial charge on any atom is -0.391 e. The van der Waals surface area contributed by atoms with Gasteiger partial charge in [0.2, 0.25) is 21.8 Å². The van der Waals surface area contributed by atoms with Crippen LogP contribution in [0.25, 0.3) is 0 Å². The van der Waals surface area contributed by atoms with Crippen LogP contribution in [-0.4, -0.2) is 62.2 Å². The smallest absolute Gasteiger partial charge is 0.251 e. The fourth-order valence-corrected chi connectivity index (χ4v) is 6.05. The summed E-state index contributed by atoms with van der Waals surface area (Å²) in [7, 11) is -2.06. The fourth-order valence-electron chi connectivity index (χ4n) is 4.83. The summed E-state index contributed by atoms with van der Waals surface area (Å²) in [4.78, 5) is 39.3. The van der Waals surface area contributed by atoms with Gasteiger partial charge in [-0.25, -0.2) is 8.42 Å². The fraction of sp³-hybridized carbons (Fsp3) is 0.545. The van der Waals surface area contributed by atoms with E-state index in [1.54, 1.807) is 32.0 Å². The number of sulfonamides is 1. The van der Waals surface area contributed by atoms with Gasteiger partial charge in [-0.05, 0) is 54.9 Å². The maximum atomic E-state index is 13.3. The lowest BCUT2D eigenvalue weighted by molar-refractivity contribution is -0.132. The van der Waals surface area contributed by atoms with Crippen molar-refractivity contribution < 1.29 is 27.9 Å². The van der Waals surface area contributed by atoms with Crippen molar-refractivity contribution in [2.45, 2.75) is 85.5 Å². The summed E-state index contributed by atoms with van der Waals surface area (Å²) in [5.41, 5.74) is 1.57. The average Bonchev–Trinajstić information content (AvgIpc) is 2.97. The Labute approximate surface area is 263 Å². The number of anilines is 1. The zero-order chi connectivity index (χ0) is 33.0. The van der Waals surface area contributed by atoms with E-state index in [1.807, 2.05) is 58.0 Å². The molecule has 2 aromatic carbocycles. The summed E-state index contributed by atoms with van der Waals surface area (Å²) in [5.74, 6) is -1.78. The van der Waals surface area contributed by atoms with Crippen molar-refractivity contribution in [1.29, 1.82) is 0 Å². The van der Waals surface area contributed by atoms with Crippen LogP contribution in [0.3, 0.4) is 0 Å². The van der Waals surface area contributed by atoms with E-state index >= 15 is 0 Å². The summed E-state index contributed by atoms with van der Waals surface area (Å²) in [6.07, 6.45) is -0.0417. The lowest BCUT2D eigenvalue weighted by Gasteiger charge is -2.29. The molecule has 0 saturated heterocycles. The molecule has 0 fully saturated rings. The monoisotopic (exact) mass is 630 g/mol. The third-order valence-electron chi connectivity index (χ3n) is 7.46. The zero-order valence-corrected chi connectivity index (χ0v) is 27.9. The second kappa shape index (κ2) is 17.2. The molecule has 0 aliphatic rings. The van der Waals surface area contributed by atoms with Crippen LogP contribution in [0.15, 0.2) is 54.6 Å². The first-order chi connectivity index (χ1) is 20.7. The summed E-state index contributed by atoms with van der Waals surface area (Å²) in [6, 6.07) is 14.4. The Balaban J connectivity index is 2.08. The van der Waals surface area contributed by atoms with E-state index in [9.17, 15) is 27.9 Å². The second-order valence-corrected chi connectivity index (χ2v) is 14.3. The quantitative estimate of drug-likeness (QED) is 0.209. The number of carbonyl (C=O) groups excluding carboxylic acids is 3. The molecular formula is C33H50N4O6S. The first-order valence-corrected chi connectivity index (χ1v) is 16.9. The van der Waals surface area contributed by atoms with Crippen molar-refractivity contribution in [3.63, 3.8) is 0 Å². The molecule has 44 heavy (non-hydrogen) atoms. The number of carbonyl (C=O) groups is 3. The third-order valence-corrected chi connectivity index (χ3v) is 9.43. The van der Waals surface area contributed by atoms with Crippen LogP contribution in [0.5, 0.6) is 0 Å². The standard InChI is InChI=1S/C33H50N4O6S/c1-8-17-44(42,43)37(7)27-16-12-15-26(20-27)32(40)35-28(18-22(2)3)29(38)19-24(6)31(39)36-30(23(4)5)33(41)34-21-25-13-10-9-11-14-25/h9-16,20,22-24,28-30,38H,8,17-19,21H2,1-7H3,(H,34,41)(H,35,40)(H,36,39)/t24?,28?,29?,30-/m0/s1. The van der Waals surface area contributed by atoms with Crippen LogP contribution in [0, 0.1) is 17.8 Å².